The number of furan rings is 1. The van der Waals surface area contributed by atoms with Gasteiger partial charge in [-0.25, -0.2) is 0 Å². The number of rotatable bonds is 3. The van der Waals surface area contributed by atoms with Crippen molar-refractivity contribution in [3.05, 3.63) is 23.7 Å². The van der Waals surface area contributed by atoms with Gasteiger partial charge < -0.3 is 19.0 Å². The molecular weight excluding hydrogens is 196 g/mol. The van der Waals surface area contributed by atoms with Gasteiger partial charge in [0.2, 0.25) is 5.79 Å². The summed E-state index contributed by atoms with van der Waals surface area (Å²) in [7, 11) is 0. The van der Waals surface area contributed by atoms with Crippen LogP contribution in [-0.2, 0) is 15.3 Å². The predicted octanol–water partition coefficient (Wildman–Crippen LogP) is 1.56. The zero-order valence-electron chi connectivity index (χ0n) is 9.03. The van der Waals surface area contributed by atoms with Crippen LogP contribution in [-0.4, -0.2) is 24.4 Å². The molecule has 1 N–H and O–H groups in total. The standard InChI is InChI=1S/C11H16O4/c1-8-3-4-10(14-8)11(2)13-7-9(15-11)5-6-12/h3-4,9,12H,5-7H2,1-2H3. The summed E-state index contributed by atoms with van der Waals surface area (Å²) in [6, 6.07) is 3.74. The second-order valence-electron chi connectivity index (χ2n) is 3.92. The van der Waals surface area contributed by atoms with E-state index in [4.69, 9.17) is 19.0 Å². The van der Waals surface area contributed by atoms with Gasteiger partial charge in [0.05, 0.1) is 12.7 Å². The third-order valence-electron chi connectivity index (χ3n) is 2.58. The van der Waals surface area contributed by atoms with Crippen molar-refractivity contribution in [3.63, 3.8) is 0 Å². The van der Waals surface area contributed by atoms with Crippen molar-refractivity contribution in [1.82, 2.24) is 0 Å². The summed E-state index contributed by atoms with van der Waals surface area (Å²) in [6.07, 6.45) is 0.542. The number of aliphatic hydroxyl groups is 1. The maximum Gasteiger partial charge on any atom is 0.225 e. The molecule has 2 rings (SSSR count). The Balaban J connectivity index is 2.09. The number of hydrogen-bond donors (Lipinski definition) is 1. The summed E-state index contributed by atoms with van der Waals surface area (Å²) in [4.78, 5) is 0. The molecule has 4 heteroatoms. The lowest BCUT2D eigenvalue weighted by atomic mass is 10.2. The molecule has 2 heterocycles. The molecule has 0 spiro atoms. The molecular formula is C11H16O4. The topological polar surface area (TPSA) is 51.8 Å². The van der Waals surface area contributed by atoms with E-state index in [0.29, 0.717) is 18.8 Å². The van der Waals surface area contributed by atoms with Crippen LogP contribution in [0.4, 0.5) is 0 Å². The minimum absolute atomic E-state index is 0.0505. The van der Waals surface area contributed by atoms with Crippen molar-refractivity contribution in [3.8, 4) is 0 Å². The molecule has 2 unspecified atom stereocenters. The first-order chi connectivity index (χ1) is 7.14. The fraction of sp³-hybridized carbons (Fsp3) is 0.636. The van der Waals surface area contributed by atoms with Crippen LogP contribution in [0.1, 0.15) is 24.9 Å². The SMILES string of the molecule is Cc1ccc(C2(C)OCC(CCO)O2)o1. The average molecular weight is 212 g/mol. The van der Waals surface area contributed by atoms with Crippen molar-refractivity contribution >= 4 is 0 Å². The molecule has 2 atom stereocenters. The van der Waals surface area contributed by atoms with Gasteiger partial charge in [0.1, 0.15) is 5.76 Å². The molecule has 0 aromatic carbocycles. The predicted molar refractivity (Wildman–Crippen MR) is 53.3 cm³/mol. The lowest BCUT2D eigenvalue weighted by Crippen LogP contribution is -2.23. The highest BCUT2D eigenvalue weighted by Crippen LogP contribution is 2.35. The van der Waals surface area contributed by atoms with E-state index in [-0.39, 0.29) is 12.7 Å². The lowest BCUT2D eigenvalue weighted by molar-refractivity contribution is -0.175. The highest BCUT2D eigenvalue weighted by atomic mass is 16.8. The molecule has 1 aliphatic heterocycles. The number of hydrogen-bond acceptors (Lipinski definition) is 4. The van der Waals surface area contributed by atoms with Crippen LogP contribution >= 0.6 is 0 Å². The van der Waals surface area contributed by atoms with Crippen molar-refractivity contribution in [2.45, 2.75) is 32.2 Å². The smallest absolute Gasteiger partial charge is 0.225 e. The van der Waals surface area contributed by atoms with E-state index >= 15 is 0 Å². The summed E-state index contributed by atoms with van der Waals surface area (Å²) < 4.78 is 16.8. The van der Waals surface area contributed by atoms with Gasteiger partial charge in [-0.2, -0.15) is 0 Å². The Morgan fingerprint density at radius 2 is 2.33 bits per heavy atom. The van der Waals surface area contributed by atoms with E-state index in [0.717, 1.165) is 5.76 Å². The molecule has 0 aliphatic carbocycles. The fourth-order valence-corrected chi connectivity index (χ4v) is 1.73. The zero-order valence-corrected chi connectivity index (χ0v) is 9.03. The minimum Gasteiger partial charge on any atom is -0.461 e. The Morgan fingerprint density at radius 1 is 1.53 bits per heavy atom. The van der Waals surface area contributed by atoms with Gasteiger partial charge in [0, 0.05) is 6.61 Å². The van der Waals surface area contributed by atoms with Gasteiger partial charge in [-0.15, -0.1) is 0 Å². The van der Waals surface area contributed by atoms with E-state index in [2.05, 4.69) is 0 Å². The summed E-state index contributed by atoms with van der Waals surface area (Å²) >= 11 is 0. The molecule has 0 radical (unpaired) electrons. The van der Waals surface area contributed by atoms with Crippen LogP contribution in [0.5, 0.6) is 0 Å². The Morgan fingerprint density at radius 3 is 2.93 bits per heavy atom. The van der Waals surface area contributed by atoms with Crippen molar-refractivity contribution in [1.29, 1.82) is 0 Å². The van der Waals surface area contributed by atoms with Gasteiger partial charge in [0.15, 0.2) is 5.76 Å². The van der Waals surface area contributed by atoms with Crippen molar-refractivity contribution < 1.29 is 19.0 Å². The summed E-state index contributed by atoms with van der Waals surface area (Å²) in [5.74, 6) is 0.721. The first-order valence-corrected chi connectivity index (χ1v) is 5.13. The molecule has 1 aliphatic rings. The number of ether oxygens (including phenoxy) is 2. The molecule has 0 bridgehead atoms. The quantitative estimate of drug-likeness (QED) is 0.826. The largest absolute Gasteiger partial charge is 0.461 e. The van der Waals surface area contributed by atoms with Crippen molar-refractivity contribution in [2.24, 2.45) is 0 Å². The van der Waals surface area contributed by atoms with E-state index in [1.807, 2.05) is 26.0 Å². The average Bonchev–Trinajstić information content (AvgIpc) is 2.75. The minimum atomic E-state index is -0.798. The number of aliphatic hydroxyl groups excluding tert-OH is 1. The van der Waals surface area contributed by atoms with Crippen LogP contribution in [0, 0.1) is 6.92 Å². The van der Waals surface area contributed by atoms with E-state index in [1.54, 1.807) is 0 Å². The maximum absolute atomic E-state index is 8.81. The molecule has 1 fully saturated rings. The van der Waals surface area contributed by atoms with Gasteiger partial charge in [-0.05, 0) is 32.4 Å². The zero-order chi connectivity index (χ0) is 10.9. The second-order valence-corrected chi connectivity index (χ2v) is 3.92. The maximum atomic E-state index is 8.81. The summed E-state index contributed by atoms with van der Waals surface area (Å²) in [5.41, 5.74) is 0. The fourth-order valence-electron chi connectivity index (χ4n) is 1.73. The third-order valence-corrected chi connectivity index (χ3v) is 2.58. The molecule has 4 nitrogen and oxygen atoms in total. The Labute approximate surface area is 88.8 Å². The molecule has 84 valence electrons. The van der Waals surface area contributed by atoms with Crippen LogP contribution in [0.15, 0.2) is 16.5 Å². The number of aryl methyl sites for hydroxylation is 1. The Kier molecular flexibility index (Phi) is 2.82. The summed E-state index contributed by atoms with van der Waals surface area (Å²) in [5, 5.41) is 8.81. The Bertz CT molecular complexity index is 333. The Hall–Kier alpha value is -0.840. The molecule has 1 aromatic heterocycles. The van der Waals surface area contributed by atoms with E-state index in [1.165, 1.54) is 0 Å². The normalized spacial score (nSPS) is 31.0. The van der Waals surface area contributed by atoms with Gasteiger partial charge in [-0.3, -0.25) is 0 Å². The molecule has 0 amide bonds. The third kappa shape index (κ3) is 2.07. The van der Waals surface area contributed by atoms with E-state index in [9.17, 15) is 0 Å². The van der Waals surface area contributed by atoms with Gasteiger partial charge in [0.25, 0.3) is 0 Å². The molecule has 0 saturated carbocycles. The van der Waals surface area contributed by atoms with Crippen LogP contribution in [0.2, 0.25) is 0 Å². The monoisotopic (exact) mass is 212 g/mol. The van der Waals surface area contributed by atoms with Gasteiger partial charge >= 0.3 is 0 Å². The lowest BCUT2D eigenvalue weighted by Gasteiger charge is -2.20. The summed E-state index contributed by atoms with van der Waals surface area (Å²) in [6.45, 7) is 4.33. The first-order valence-electron chi connectivity index (χ1n) is 5.13. The van der Waals surface area contributed by atoms with Crippen LogP contribution in [0.3, 0.4) is 0 Å². The second kappa shape index (κ2) is 3.96. The first kappa shape index (κ1) is 10.7. The van der Waals surface area contributed by atoms with Crippen LogP contribution < -0.4 is 0 Å². The van der Waals surface area contributed by atoms with Crippen molar-refractivity contribution in [2.75, 3.05) is 13.2 Å². The molecule has 15 heavy (non-hydrogen) atoms. The molecule has 1 saturated heterocycles. The van der Waals surface area contributed by atoms with Gasteiger partial charge in [-0.1, -0.05) is 0 Å². The van der Waals surface area contributed by atoms with Crippen LogP contribution in [0.25, 0.3) is 0 Å². The van der Waals surface area contributed by atoms with E-state index < -0.39 is 5.79 Å². The highest BCUT2D eigenvalue weighted by Gasteiger charge is 2.41. The molecule has 1 aromatic rings. The highest BCUT2D eigenvalue weighted by molar-refractivity contribution is 5.11.